The summed E-state index contributed by atoms with van der Waals surface area (Å²) in [6.45, 7) is 5.79. The van der Waals surface area contributed by atoms with E-state index in [1.807, 2.05) is 25.1 Å². The standard InChI is InChI=1S/C33H39Cl2NO8/c1-4-42-31(32(37)38)20-24-8-10-28(11-9-24)43-16-14-36(33(39)44-30-17-23(2)7-12-29(30)40-3)13-5-6-15-41-22-25-18-26(34)21-27(35)19-25/h7-12,17-19,21,31H,4-6,13-16,20,22H2,1-3H3,(H,37,38). The van der Waals surface area contributed by atoms with Crippen LogP contribution in [0.5, 0.6) is 17.2 Å². The molecule has 0 bridgehead atoms. The lowest BCUT2D eigenvalue weighted by Gasteiger charge is -2.23. The zero-order valence-corrected chi connectivity index (χ0v) is 26.7. The third-order valence-electron chi connectivity index (χ3n) is 6.55. The van der Waals surface area contributed by atoms with Gasteiger partial charge in [0.1, 0.15) is 12.4 Å². The Bertz CT molecular complexity index is 1330. The average Bonchev–Trinajstić information content (AvgIpc) is 2.98. The summed E-state index contributed by atoms with van der Waals surface area (Å²) >= 11 is 12.1. The lowest BCUT2D eigenvalue weighted by Crippen LogP contribution is -2.37. The Hall–Kier alpha value is -3.50. The molecule has 44 heavy (non-hydrogen) atoms. The van der Waals surface area contributed by atoms with Crippen molar-refractivity contribution in [1.82, 2.24) is 4.90 Å². The van der Waals surface area contributed by atoms with Crippen LogP contribution in [0.25, 0.3) is 0 Å². The van der Waals surface area contributed by atoms with Gasteiger partial charge in [0.2, 0.25) is 0 Å². The van der Waals surface area contributed by atoms with Gasteiger partial charge >= 0.3 is 12.1 Å². The highest BCUT2D eigenvalue weighted by Gasteiger charge is 2.19. The van der Waals surface area contributed by atoms with Gasteiger partial charge in [-0.1, -0.05) is 41.4 Å². The van der Waals surface area contributed by atoms with Crippen LogP contribution in [0.3, 0.4) is 0 Å². The zero-order valence-electron chi connectivity index (χ0n) is 25.2. The first kappa shape index (κ1) is 35.0. The fourth-order valence-corrected chi connectivity index (χ4v) is 4.91. The number of nitrogens with zero attached hydrogens (tertiary/aromatic N) is 1. The van der Waals surface area contributed by atoms with E-state index in [1.165, 1.54) is 7.11 Å². The van der Waals surface area contributed by atoms with E-state index in [1.54, 1.807) is 54.3 Å². The molecule has 0 aromatic heterocycles. The predicted octanol–water partition coefficient (Wildman–Crippen LogP) is 7.22. The smallest absolute Gasteiger partial charge is 0.415 e. The van der Waals surface area contributed by atoms with Crippen LogP contribution in [0.1, 0.15) is 36.5 Å². The van der Waals surface area contributed by atoms with E-state index in [4.69, 9.17) is 46.9 Å². The number of hydrogen-bond acceptors (Lipinski definition) is 7. The lowest BCUT2D eigenvalue weighted by atomic mass is 10.1. The maximum absolute atomic E-state index is 13.2. The molecule has 1 atom stereocenters. The van der Waals surface area contributed by atoms with Crippen molar-refractivity contribution in [2.45, 2.75) is 45.8 Å². The number of carboxylic acid groups (broad SMARTS) is 1. The molecular formula is C33H39Cl2NO8. The number of rotatable bonds is 18. The molecule has 1 amide bonds. The minimum Gasteiger partial charge on any atom is -0.493 e. The summed E-state index contributed by atoms with van der Waals surface area (Å²) in [5.74, 6) is 0.402. The molecule has 0 aliphatic carbocycles. The number of benzene rings is 3. The van der Waals surface area contributed by atoms with E-state index >= 15 is 0 Å². The van der Waals surface area contributed by atoms with Crippen molar-refractivity contribution >= 4 is 35.3 Å². The maximum atomic E-state index is 13.2. The molecule has 0 saturated heterocycles. The van der Waals surface area contributed by atoms with E-state index in [0.717, 1.165) is 16.7 Å². The number of unbranched alkanes of at least 4 members (excludes halogenated alkanes) is 1. The van der Waals surface area contributed by atoms with Crippen molar-refractivity contribution in [2.75, 3.05) is 40.0 Å². The monoisotopic (exact) mass is 647 g/mol. The molecule has 1 unspecified atom stereocenters. The lowest BCUT2D eigenvalue weighted by molar-refractivity contribution is -0.149. The zero-order chi connectivity index (χ0) is 31.9. The Labute approximate surface area is 268 Å². The summed E-state index contributed by atoms with van der Waals surface area (Å²) in [7, 11) is 1.52. The number of carbonyl (C=O) groups excluding carboxylic acids is 1. The van der Waals surface area contributed by atoms with Gasteiger partial charge < -0.3 is 33.7 Å². The van der Waals surface area contributed by atoms with E-state index in [0.29, 0.717) is 66.5 Å². The average molecular weight is 649 g/mol. The number of aryl methyl sites for hydroxylation is 1. The quantitative estimate of drug-likeness (QED) is 0.144. The molecule has 3 aromatic rings. The third kappa shape index (κ3) is 11.9. The molecule has 0 radical (unpaired) electrons. The van der Waals surface area contributed by atoms with Crippen LogP contribution in [0.15, 0.2) is 60.7 Å². The van der Waals surface area contributed by atoms with Gasteiger partial charge in [-0.15, -0.1) is 0 Å². The van der Waals surface area contributed by atoms with Crippen molar-refractivity contribution < 1.29 is 38.4 Å². The molecule has 0 fully saturated rings. The Kier molecular flexibility index (Phi) is 14.6. The number of aliphatic carboxylic acids is 1. The number of ether oxygens (including phenoxy) is 5. The maximum Gasteiger partial charge on any atom is 0.415 e. The first-order valence-corrected chi connectivity index (χ1v) is 15.1. The Balaban J connectivity index is 1.55. The van der Waals surface area contributed by atoms with Crippen LogP contribution in [-0.2, 0) is 27.3 Å². The van der Waals surface area contributed by atoms with Crippen molar-refractivity contribution in [3.05, 3.63) is 87.4 Å². The van der Waals surface area contributed by atoms with Crippen LogP contribution in [0, 0.1) is 6.92 Å². The normalized spacial score (nSPS) is 11.6. The van der Waals surface area contributed by atoms with E-state index in [-0.39, 0.29) is 19.6 Å². The van der Waals surface area contributed by atoms with Gasteiger partial charge in [-0.25, -0.2) is 9.59 Å². The van der Waals surface area contributed by atoms with E-state index < -0.39 is 18.2 Å². The molecular weight excluding hydrogens is 609 g/mol. The summed E-state index contributed by atoms with van der Waals surface area (Å²) in [5, 5.41) is 10.4. The molecule has 0 aliphatic rings. The van der Waals surface area contributed by atoms with Crippen LogP contribution < -0.4 is 14.2 Å². The van der Waals surface area contributed by atoms with Gasteiger partial charge in [-0.2, -0.15) is 0 Å². The highest BCUT2D eigenvalue weighted by molar-refractivity contribution is 6.34. The molecule has 9 nitrogen and oxygen atoms in total. The van der Waals surface area contributed by atoms with Gasteiger partial charge in [0.25, 0.3) is 0 Å². The highest BCUT2D eigenvalue weighted by Crippen LogP contribution is 2.28. The minimum absolute atomic E-state index is 0.224. The number of carbonyl (C=O) groups is 2. The molecule has 0 saturated carbocycles. The van der Waals surface area contributed by atoms with Gasteiger partial charge in [0.05, 0.1) is 20.3 Å². The number of carboxylic acids is 1. The van der Waals surface area contributed by atoms with Crippen LogP contribution in [-0.4, -0.2) is 68.2 Å². The van der Waals surface area contributed by atoms with Crippen molar-refractivity contribution in [2.24, 2.45) is 0 Å². The van der Waals surface area contributed by atoms with Crippen LogP contribution in [0.2, 0.25) is 10.0 Å². The van der Waals surface area contributed by atoms with Gasteiger partial charge in [0, 0.05) is 36.2 Å². The highest BCUT2D eigenvalue weighted by atomic mass is 35.5. The van der Waals surface area contributed by atoms with Crippen molar-refractivity contribution in [3.8, 4) is 17.2 Å². The number of amides is 1. The van der Waals surface area contributed by atoms with Crippen LogP contribution in [0.4, 0.5) is 4.79 Å². The van der Waals surface area contributed by atoms with Crippen LogP contribution >= 0.6 is 23.2 Å². The van der Waals surface area contributed by atoms with Crippen molar-refractivity contribution in [1.29, 1.82) is 0 Å². The molecule has 0 spiro atoms. The summed E-state index contributed by atoms with van der Waals surface area (Å²) < 4.78 is 28.1. The second-order valence-electron chi connectivity index (χ2n) is 10.0. The molecule has 3 rings (SSSR count). The summed E-state index contributed by atoms with van der Waals surface area (Å²) in [4.78, 5) is 26.2. The molecule has 1 N–H and O–H groups in total. The van der Waals surface area contributed by atoms with Crippen molar-refractivity contribution in [3.63, 3.8) is 0 Å². The van der Waals surface area contributed by atoms with Gasteiger partial charge in [0.15, 0.2) is 17.6 Å². The Morgan fingerprint density at radius 3 is 2.27 bits per heavy atom. The van der Waals surface area contributed by atoms with Gasteiger partial charge in [-0.05, 0) is 85.8 Å². The minimum atomic E-state index is -1.000. The SMILES string of the molecule is CCOC(Cc1ccc(OCCN(CCCCOCc2cc(Cl)cc(Cl)c2)C(=O)Oc2cc(C)ccc2OC)cc1)C(=O)O. The Morgan fingerprint density at radius 1 is 0.886 bits per heavy atom. The first-order chi connectivity index (χ1) is 21.2. The summed E-state index contributed by atoms with van der Waals surface area (Å²) in [5.41, 5.74) is 2.64. The number of hydrogen-bond donors (Lipinski definition) is 1. The molecule has 0 heterocycles. The number of methoxy groups -OCH3 is 1. The largest absolute Gasteiger partial charge is 0.493 e. The fraction of sp³-hybridized carbons (Fsp3) is 0.394. The number of halogens is 2. The second-order valence-corrected chi connectivity index (χ2v) is 10.9. The first-order valence-electron chi connectivity index (χ1n) is 14.4. The Morgan fingerprint density at radius 2 is 1.61 bits per heavy atom. The molecule has 238 valence electrons. The molecule has 3 aromatic carbocycles. The van der Waals surface area contributed by atoms with Gasteiger partial charge in [-0.3, -0.25) is 0 Å². The van der Waals surface area contributed by atoms with E-state index in [9.17, 15) is 14.7 Å². The topological polar surface area (TPSA) is 104 Å². The molecule has 0 aliphatic heterocycles. The summed E-state index contributed by atoms with van der Waals surface area (Å²) in [6.07, 6.45) is 0.224. The second kappa shape index (κ2) is 18.3. The van der Waals surface area contributed by atoms with E-state index in [2.05, 4.69) is 0 Å². The third-order valence-corrected chi connectivity index (χ3v) is 6.99. The summed E-state index contributed by atoms with van der Waals surface area (Å²) in [6, 6.07) is 17.8. The predicted molar refractivity (Wildman–Crippen MR) is 169 cm³/mol. The molecule has 11 heteroatoms. The fourth-order valence-electron chi connectivity index (χ4n) is 4.34.